The predicted molar refractivity (Wildman–Crippen MR) is 82.5 cm³/mol. The maximum absolute atomic E-state index is 11.7. The van der Waals surface area contributed by atoms with Crippen molar-refractivity contribution < 1.29 is 4.79 Å². The van der Waals surface area contributed by atoms with Gasteiger partial charge in [0.1, 0.15) is 0 Å². The summed E-state index contributed by atoms with van der Waals surface area (Å²) in [6.07, 6.45) is 3.63. The molecule has 0 aliphatic rings. The Morgan fingerprint density at radius 1 is 1.00 bits per heavy atom. The first-order chi connectivity index (χ1) is 9.75. The van der Waals surface area contributed by atoms with Gasteiger partial charge in [0.15, 0.2) is 0 Å². The molecule has 0 fully saturated rings. The van der Waals surface area contributed by atoms with Gasteiger partial charge in [-0.3, -0.25) is 4.79 Å². The van der Waals surface area contributed by atoms with Crippen molar-refractivity contribution in [1.29, 1.82) is 0 Å². The summed E-state index contributed by atoms with van der Waals surface area (Å²) in [5.41, 5.74) is 5.16. The van der Waals surface area contributed by atoms with Gasteiger partial charge in [-0.05, 0) is 30.2 Å². The Balaban J connectivity index is 1.94. The third-order valence-electron chi connectivity index (χ3n) is 2.66. The second-order valence-corrected chi connectivity index (χ2v) is 4.36. The van der Waals surface area contributed by atoms with Crippen LogP contribution in [-0.4, -0.2) is 12.1 Å². The van der Waals surface area contributed by atoms with Gasteiger partial charge in [0.05, 0.1) is 6.21 Å². The van der Waals surface area contributed by atoms with Crippen LogP contribution < -0.4 is 5.43 Å². The van der Waals surface area contributed by atoms with Crippen molar-refractivity contribution in [3.05, 3.63) is 77.4 Å². The zero-order valence-electron chi connectivity index (χ0n) is 11.3. The summed E-state index contributed by atoms with van der Waals surface area (Å²) in [5, 5.41) is 3.95. The van der Waals surface area contributed by atoms with E-state index in [1.807, 2.05) is 61.5 Å². The molecule has 0 spiro atoms. The Hall–Kier alpha value is -2.68. The normalized spacial score (nSPS) is 11.6. The average molecular weight is 264 g/mol. The molecule has 0 aliphatic carbocycles. The smallest absolute Gasteiger partial charge is 0.267 e. The van der Waals surface area contributed by atoms with E-state index in [-0.39, 0.29) is 5.91 Å². The first kappa shape index (κ1) is 13.7. The molecule has 0 bridgehead atoms. The fraction of sp³-hybridized carbons (Fsp3) is 0.0588. The third-order valence-corrected chi connectivity index (χ3v) is 2.66. The number of hydrogen-bond acceptors (Lipinski definition) is 2. The van der Waals surface area contributed by atoms with E-state index in [1.165, 1.54) is 0 Å². The topological polar surface area (TPSA) is 41.5 Å². The first-order valence-corrected chi connectivity index (χ1v) is 6.37. The summed E-state index contributed by atoms with van der Waals surface area (Å²) in [4.78, 5) is 11.7. The molecule has 3 heteroatoms. The van der Waals surface area contributed by atoms with Crippen LogP contribution in [0.2, 0.25) is 0 Å². The van der Waals surface area contributed by atoms with E-state index in [0.29, 0.717) is 5.56 Å². The van der Waals surface area contributed by atoms with E-state index in [9.17, 15) is 4.79 Å². The van der Waals surface area contributed by atoms with Crippen LogP contribution in [0.1, 0.15) is 22.8 Å². The van der Waals surface area contributed by atoms with Crippen LogP contribution in [0.3, 0.4) is 0 Å². The number of hydrogen-bond donors (Lipinski definition) is 1. The molecule has 0 atom stereocenters. The molecule has 2 aromatic carbocycles. The monoisotopic (exact) mass is 264 g/mol. The van der Waals surface area contributed by atoms with Gasteiger partial charge in [-0.2, -0.15) is 5.10 Å². The van der Waals surface area contributed by atoms with Crippen molar-refractivity contribution in [2.45, 2.75) is 6.92 Å². The zero-order valence-corrected chi connectivity index (χ0v) is 11.3. The van der Waals surface area contributed by atoms with Gasteiger partial charge in [0.25, 0.3) is 5.91 Å². The van der Waals surface area contributed by atoms with Crippen molar-refractivity contribution in [3.8, 4) is 0 Å². The molecule has 100 valence electrons. The van der Waals surface area contributed by atoms with Crippen LogP contribution in [0.15, 0.2) is 71.3 Å². The molecular formula is C17H16N2O. The van der Waals surface area contributed by atoms with Crippen molar-refractivity contribution in [2.75, 3.05) is 0 Å². The lowest BCUT2D eigenvalue weighted by Crippen LogP contribution is -2.17. The molecule has 1 amide bonds. The number of rotatable bonds is 4. The molecule has 20 heavy (non-hydrogen) atoms. The maximum Gasteiger partial charge on any atom is 0.271 e. The van der Waals surface area contributed by atoms with Crippen LogP contribution in [0.5, 0.6) is 0 Å². The Morgan fingerprint density at radius 3 is 2.25 bits per heavy atom. The van der Waals surface area contributed by atoms with E-state index in [1.54, 1.807) is 18.3 Å². The van der Waals surface area contributed by atoms with Gasteiger partial charge in [0, 0.05) is 5.56 Å². The Kier molecular flexibility index (Phi) is 4.84. The van der Waals surface area contributed by atoms with Crippen molar-refractivity contribution in [3.63, 3.8) is 0 Å². The van der Waals surface area contributed by atoms with Gasteiger partial charge < -0.3 is 0 Å². The molecule has 2 aromatic rings. The number of allylic oxidation sites excluding steroid dienone is 1. The SMILES string of the molecule is CC(/C=N\NC(=O)c1ccccc1)=C\c1ccccc1. The molecular weight excluding hydrogens is 248 g/mol. The third kappa shape index (κ3) is 4.21. The minimum absolute atomic E-state index is 0.214. The van der Waals surface area contributed by atoms with Gasteiger partial charge in [-0.25, -0.2) is 5.43 Å². The Labute approximate surface area is 118 Å². The molecule has 0 heterocycles. The second kappa shape index (κ2) is 7.04. The Morgan fingerprint density at radius 2 is 1.60 bits per heavy atom. The van der Waals surface area contributed by atoms with E-state index in [4.69, 9.17) is 0 Å². The highest BCUT2D eigenvalue weighted by atomic mass is 16.2. The molecule has 0 aromatic heterocycles. The summed E-state index contributed by atoms with van der Waals surface area (Å²) >= 11 is 0. The summed E-state index contributed by atoms with van der Waals surface area (Å²) in [5.74, 6) is -0.214. The molecule has 0 radical (unpaired) electrons. The highest BCUT2D eigenvalue weighted by Gasteiger charge is 2.01. The largest absolute Gasteiger partial charge is 0.271 e. The molecule has 0 saturated carbocycles. The zero-order chi connectivity index (χ0) is 14.2. The number of benzene rings is 2. The van der Waals surface area contributed by atoms with Crippen LogP contribution in [0.25, 0.3) is 6.08 Å². The van der Waals surface area contributed by atoms with E-state index in [0.717, 1.165) is 11.1 Å². The number of nitrogens with zero attached hydrogens (tertiary/aromatic N) is 1. The number of amides is 1. The summed E-state index contributed by atoms with van der Waals surface area (Å²) < 4.78 is 0. The number of carbonyl (C=O) groups is 1. The highest BCUT2D eigenvalue weighted by molar-refractivity contribution is 5.95. The van der Waals surface area contributed by atoms with Crippen molar-refractivity contribution in [2.24, 2.45) is 5.10 Å². The average Bonchev–Trinajstić information content (AvgIpc) is 2.49. The number of nitrogens with one attached hydrogen (secondary N) is 1. The molecule has 3 nitrogen and oxygen atoms in total. The van der Waals surface area contributed by atoms with Crippen LogP contribution in [-0.2, 0) is 0 Å². The van der Waals surface area contributed by atoms with E-state index >= 15 is 0 Å². The molecule has 0 unspecified atom stereocenters. The van der Waals surface area contributed by atoms with E-state index < -0.39 is 0 Å². The number of hydrazone groups is 1. The highest BCUT2D eigenvalue weighted by Crippen LogP contribution is 2.04. The molecule has 1 N–H and O–H groups in total. The van der Waals surface area contributed by atoms with Crippen LogP contribution in [0.4, 0.5) is 0 Å². The molecule has 0 saturated heterocycles. The minimum Gasteiger partial charge on any atom is -0.267 e. The van der Waals surface area contributed by atoms with Crippen LogP contribution >= 0.6 is 0 Å². The lowest BCUT2D eigenvalue weighted by Gasteiger charge is -1.99. The molecule has 0 aliphatic heterocycles. The summed E-state index contributed by atoms with van der Waals surface area (Å²) in [6.45, 7) is 1.94. The van der Waals surface area contributed by atoms with Gasteiger partial charge in [-0.15, -0.1) is 0 Å². The standard InChI is InChI=1S/C17H16N2O/c1-14(12-15-8-4-2-5-9-15)13-18-19-17(20)16-10-6-3-7-11-16/h2-13H,1H3,(H,19,20)/b14-12+,18-13-. The Bertz CT molecular complexity index is 616. The summed E-state index contributed by atoms with van der Waals surface area (Å²) in [6, 6.07) is 19.0. The van der Waals surface area contributed by atoms with Gasteiger partial charge in [0.2, 0.25) is 0 Å². The predicted octanol–water partition coefficient (Wildman–Crippen LogP) is 3.51. The fourth-order valence-corrected chi connectivity index (χ4v) is 1.70. The lowest BCUT2D eigenvalue weighted by molar-refractivity contribution is 0.0955. The van der Waals surface area contributed by atoms with E-state index in [2.05, 4.69) is 10.5 Å². The fourth-order valence-electron chi connectivity index (χ4n) is 1.70. The molecule has 2 rings (SSSR count). The lowest BCUT2D eigenvalue weighted by atomic mass is 10.1. The quantitative estimate of drug-likeness (QED) is 0.666. The maximum atomic E-state index is 11.7. The van der Waals surface area contributed by atoms with Crippen molar-refractivity contribution >= 4 is 18.2 Å². The first-order valence-electron chi connectivity index (χ1n) is 6.37. The summed E-state index contributed by atoms with van der Waals surface area (Å²) in [7, 11) is 0. The second-order valence-electron chi connectivity index (χ2n) is 4.36. The van der Waals surface area contributed by atoms with Crippen molar-refractivity contribution in [1.82, 2.24) is 5.43 Å². The minimum atomic E-state index is -0.214. The number of carbonyl (C=O) groups excluding carboxylic acids is 1. The van der Waals surface area contributed by atoms with Gasteiger partial charge in [-0.1, -0.05) is 54.6 Å². The van der Waals surface area contributed by atoms with Gasteiger partial charge >= 0.3 is 0 Å². The van der Waals surface area contributed by atoms with Crippen LogP contribution in [0, 0.1) is 0 Å².